The lowest BCUT2D eigenvalue weighted by atomic mass is 9.98. The molecular formula is C14H20N2O2S. The minimum Gasteiger partial charge on any atom is -0.384 e. The van der Waals surface area contributed by atoms with E-state index in [-0.39, 0.29) is 0 Å². The highest BCUT2D eigenvalue weighted by molar-refractivity contribution is 7.91. The van der Waals surface area contributed by atoms with Crippen molar-refractivity contribution in [3.63, 3.8) is 0 Å². The summed E-state index contributed by atoms with van der Waals surface area (Å²) in [6, 6.07) is 8.47. The number of nitrogens with one attached hydrogen (secondary N) is 1. The second-order valence-corrected chi connectivity index (χ2v) is 7.75. The zero-order valence-corrected chi connectivity index (χ0v) is 11.8. The maximum Gasteiger partial charge on any atom is 0.152 e. The first-order chi connectivity index (χ1) is 9.14. The number of hydrogen-bond acceptors (Lipinski definition) is 4. The van der Waals surface area contributed by atoms with Gasteiger partial charge in [-0.1, -0.05) is 18.2 Å². The van der Waals surface area contributed by atoms with Crippen LogP contribution in [-0.2, 0) is 9.84 Å². The van der Waals surface area contributed by atoms with Crippen LogP contribution in [0, 0.1) is 0 Å². The summed E-state index contributed by atoms with van der Waals surface area (Å²) in [5, 5.41) is 3.44. The molecule has 19 heavy (non-hydrogen) atoms. The van der Waals surface area contributed by atoms with E-state index in [1.165, 1.54) is 11.3 Å². The number of benzene rings is 1. The molecule has 5 heteroatoms. The molecular weight excluding hydrogens is 260 g/mol. The van der Waals surface area contributed by atoms with E-state index < -0.39 is 9.84 Å². The van der Waals surface area contributed by atoms with Crippen molar-refractivity contribution in [3.05, 3.63) is 29.8 Å². The van der Waals surface area contributed by atoms with E-state index in [4.69, 9.17) is 0 Å². The topological polar surface area (TPSA) is 49.4 Å². The maximum absolute atomic E-state index is 11.4. The van der Waals surface area contributed by atoms with Crippen LogP contribution in [0.2, 0.25) is 0 Å². The van der Waals surface area contributed by atoms with Crippen LogP contribution >= 0.6 is 0 Å². The summed E-state index contributed by atoms with van der Waals surface area (Å²) in [4.78, 5) is 2.28. The van der Waals surface area contributed by atoms with Crippen molar-refractivity contribution in [2.75, 3.05) is 43.0 Å². The smallest absolute Gasteiger partial charge is 0.152 e. The lowest BCUT2D eigenvalue weighted by molar-refractivity contribution is 0.285. The largest absolute Gasteiger partial charge is 0.384 e. The summed E-state index contributed by atoms with van der Waals surface area (Å²) in [5.41, 5.74) is 2.67. The van der Waals surface area contributed by atoms with E-state index in [1.54, 1.807) is 0 Å². The third-order valence-corrected chi connectivity index (χ3v) is 5.78. The van der Waals surface area contributed by atoms with Gasteiger partial charge in [0, 0.05) is 31.2 Å². The van der Waals surface area contributed by atoms with E-state index in [0.29, 0.717) is 30.5 Å². The van der Waals surface area contributed by atoms with Crippen molar-refractivity contribution in [1.29, 1.82) is 0 Å². The molecule has 0 saturated carbocycles. The molecule has 2 heterocycles. The molecule has 2 aliphatic heterocycles. The van der Waals surface area contributed by atoms with Crippen LogP contribution < -0.4 is 5.32 Å². The Morgan fingerprint density at radius 2 is 1.95 bits per heavy atom. The molecule has 0 bridgehead atoms. The van der Waals surface area contributed by atoms with E-state index in [0.717, 1.165) is 19.5 Å². The summed E-state index contributed by atoms with van der Waals surface area (Å²) < 4.78 is 22.8. The van der Waals surface area contributed by atoms with Crippen molar-refractivity contribution < 1.29 is 8.42 Å². The van der Waals surface area contributed by atoms with Gasteiger partial charge in [-0.05, 0) is 24.6 Å². The molecule has 0 aromatic heterocycles. The first kappa shape index (κ1) is 12.9. The number of anilines is 1. The Balaban J connectivity index is 1.54. The monoisotopic (exact) mass is 280 g/mol. The van der Waals surface area contributed by atoms with Gasteiger partial charge in [0.2, 0.25) is 0 Å². The molecule has 0 amide bonds. The zero-order valence-electron chi connectivity index (χ0n) is 11.0. The van der Waals surface area contributed by atoms with Gasteiger partial charge < -0.3 is 10.2 Å². The fraction of sp³-hybridized carbons (Fsp3) is 0.571. The highest BCUT2D eigenvalue weighted by atomic mass is 32.2. The molecule has 1 saturated heterocycles. The maximum atomic E-state index is 11.4. The van der Waals surface area contributed by atoms with Gasteiger partial charge in [0.25, 0.3) is 0 Å². The Morgan fingerprint density at radius 1 is 1.21 bits per heavy atom. The molecule has 1 atom stereocenters. The number of para-hydroxylation sites is 1. The van der Waals surface area contributed by atoms with Gasteiger partial charge in [0.15, 0.2) is 9.84 Å². The van der Waals surface area contributed by atoms with Gasteiger partial charge in [-0.3, -0.25) is 0 Å². The average Bonchev–Trinajstić information content (AvgIpc) is 2.81. The Bertz CT molecular complexity index is 542. The molecule has 3 rings (SSSR count). The number of nitrogens with zero attached hydrogens (tertiary/aromatic N) is 1. The Labute approximate surface area is 114 Å². The van der Waals surface area contributed by atoms with Gasteiger partial charge in [0.05, 0.1) is 11.5 Å². The van der Waals surface area contributed by atoms with Crippen molar-refractivity contribution in [1.82, 2.24) is 4.90 Å². The fourth-order valence-corrected chi connectivity index (χ4v) is 4.20. The minimum atomic E-state index is -2.76. The van der Waals surface area contributed by atoms with Gasteiger partial charge in [-0.25, -0.2) is 8.42 Å². The van der Waals surface area contributed by atoms with Crippen LogP contribution in [0.5, 0.6) is 0 Å². The Morgan fingerprint density at radius 3 is 2.74 bits per heavy atom. The van der Waals surface area contributed by atoms with Crippen LogP contribution in [0.15, 0.2) is 24.3 Å². The Hall–Kier alpha value is -1.07. The predicted molar refractivity (Wildman–Crippen MR) is 77.4 cm³/mol. The molecule has 0 spiro atoms. The van der Waals surface area contributed by atoms with Crippen LogP contribution in [0.25, 0.3) is 0 Å². The number of sulfone groups is 1. The molecule has 0 aliphatic carbocycles. The fourth-order valence-electron chi connectivity index (χ4n) is 2.93. The average molecular weight is 280 g/mol. The second-order valence-electron chi connectivity index (χ2n) is 5.45. The van der Waals surface area contributed by atoms with Gasteiger partial charge >= 0.3 is 0 Å². The van der Waals surface area contributed by atoms with E-state index in [9.17, 15) is 8.42 Å². The molecule has 1 unspecified atom stereocenters. The number of hydrogen-bond donors (Lipinski definition) is 1. The highest BCUT2D eigenvalue weighted by Gasteiger charge is 2.25. The molecule has 1 N–H and O–H groups in total. The molecule has 1 aromatic carbocycles. The quantitative estimate of drug-likeness (QED) is 0.907. The minimum absolute atomic E-state index is 0.326. The summed E-state index contributed by atoms with van der Waals surface area (Å²) >= 11 is 0. The summed E-state index contributed by atoms with van der Waals surface area (Å²) in [6.07, 6.45) is 1.10. The van der Waals surface area contributed by atoms with E-state index in [2.05, 4.69) is 34.5 Å². The molecule has 4 nitrogen and oxygen atoms in total. The van der Waals surface area contributed by atoms with Crippen molar-refractivity contribution in [2.45, 2.75) is 12.3 Å². The third-order valence-electron chi connectivity index (χ3n) is 4.17. The molecule has 1 fully saturated rings. The van der Waals surface area contributed by atoms with E-state index >= 15 is 0 Å². The third kappa shape index (κ3) is 2.92. The summed E-state index contributed by atoms with van der Waals surface area (Å²) in [5.74, 6) is 1.22. The van der Waals surface area contributed by atoms with Crippen molar-refractivity contribution in [2.24, 2.45) is 0 Å². The van der Waals surface area contributed by atoms with E-state index in [1.807, 2.05) is 0 Å². The van der Waals surface area contributed by atoms with Gasteiger partial charge in [-0.2, -0.15) is 0 Å². The molecule has 1 aromatic rings. The predicted octanol–water partition coefficient (Wildman–Crippen LogP) is 1.32. The molecule has 0 radical (unpaired) electrons. The van der Waals surface area contributed by atoms with Crippen molar-refractivity contribution >= 4 is 15.5 Å². The van der Waals surface area contributed by atoms with Gasteiger partial charge in [0.1, 0.15) is 0 Å². The zero-order chi connectivity index (χ0) is 13.3. The van der Waals surface area contributed by atoms with Crippen LogP contribution in [0.1, 0.15) is 17.9 Å². The van der Waals surface area contributed by atoms with Crippen LogP contribution in [0.3, 0.4) is 0 Å². The summed E-state index contributed by atoms with van der Waals surface area (Å²) in [7, 11) is -2.76. The SMILES string of the molecule is O=S1(=O)CCN(CCC2CNc3ccccc32)CC1. The highest BCUT2D eigenvalue weighted by Crippen LogP contribution is 2.33. The second kappa shape index (κ2) is 5.13. The lowest BCUT2D eigenvalue weighted by Crippen LogP contribution is -2.41. The molecule has 104 valence electrons. The van der Waals surface area contributed by atoms with Gasteiger partial charge in [-0.15, -0.1) is 0 Å². The molecule has 2 aliphatic rings. The van der Waals surface area contributed by atoms with Crippen LogP contribution in [-0.4, -0.2) is 51.0 Å². The summed E-state index contributed by atoms with van der Waals surface area (Å²) in [6.45, 7) is 3.40. The van der Waals surface area contributed by atoms with Crippen LogP contribution in [0.4, 0.5) is 5.69 Å². The Kier molecular flexibility index (Phi) is 3.50. The number of rotatable bonds is 3. The first-order valence-corrected chi connectivity index (χ1v) is 8.72. The lowest BCUT2D eigenvalue weighted by Gasteiger charge is -2.27. The standard InChI is InChI=1S/C14H20N2O2S/c17-19(18)9-7-16(8-10-19)6-5-12-11-15-14-4-2-1-3-13(12)14/h1-4,12,15H,5-11H2. The normalized spacial score (nSPS) is 25.8. The van der Waals surface area contributed by atoms with Crippen molar-refractivity contribution in [3.8, 4) is 0 Å². The first-order valence-electron chi connectivity index (χ1n) is 6.90. The number of fused-ring (bicyclic) bond motifs is 1.